The molecule has 1 N–H and O–H groups in total. The third-order valence-corrected chi connectivity index (χ3v) is 2.62. The first-order chi connectivity index (χ1) is 7.15. The van der Waals surface area contributed by atoms with Crippen LogP contribution >= 0.6 is 11.6 Å². The Morgan fingerprint density at radius 2 is 2.00 bits per heavy atom. The highest BCUT2D eigenvalue weighted by molar-refractivity contribution is 6.33. The molecule has 0 fully saturated rings. The van der Waals surface area contributed by atoms with E-state index in [1.165, 1.54) is 14.2 Å². The molecule has 0 unspecified atom stereocenters. The minimum Gasteiger partial charge on any atom is -0.495 e. The topological polar surface area (TPSA) is 38.7 Å². The van der Waals surface area contributed by atoms with E-state index < -0.39 is 6.10 Å². The summed E-state index contributed by atoms with van der Waals surface area (Å²) in [6.45, 7) is 1.89. The van der Waals surface area contributed by atoms with E-state index in [0.717, 1.165) is 0 Å². The van der Waals surface area contributed by atoms with Crippen LogP contribution in [0.2, 0.25) is 5.02 Å². The van der Waals surface area contributed by atoms with E-state index in [9.17, 15) is 5.11 Å². The second-order valence-electron chi connectivity index (χ2n) is 3.13. The summed E-state index contributed by atoms with van der Waals surface area (Å²) in [5.41, 5.74) is 0.686. The van der Waals surface area contributed by atoms with Crippen molar-refractivity contribution in [3.8, 4) is 11.5 Å². The van der Waals surface area contributed by atoms with Crippen molar-refractivity contribution < 1.29 is 14.6 Å². The van der Waals surface area contributed by atoms with Crippen molar-refractivity contribution in [2.45, 2.75) is 19.4 Å². The van der Waals surface area contributed by atoms with Gasteiger partial charge in [-0.1, -0.05) is 18.5 Å². The van der Waals surface area contributed by atoms with Gasteiger partial charge in [0.25, 0.3) is 0 Å². The number of aliphatic hydroxyl groups excluding tert-OH is 1. The van der Waals surface area contributed by atoms with E-state index in [-0.39, 0.29) is 0 Å². The molecule has 4 heteroatoms. The van der Waals surface area contributed by atoms with Crippen molar-refractivity contribution in [2.24, 2.45) is 0 Å². The lowest BCUT2D eigenvalue weighted by atomic mass is 10.1. The second-order valence-corrected chi connectivity index (χ2v) is 3.51. The Labute approximate surface area is 94.6 Å². The molecule has 0 bridgehead atoms. The predicted octanol–water partition coefficient (Wildman–Crippen LogP) is 2.80. The molecular weight excluding hydrogens is 216 g/mol. The van der Waals surface area contributed by atoms with Crippen LogP contribution in [-0.4, -0.2) is 19.3 Å². The molecule has 0 saturated heterocycles. The van der Waals surface area contributed by atoms with E-state index in [2.05, 4.69) is 0 Å². The van der Waals surface area contributed by atoms with Gasteiger partial charge in [0.2, 0.25) is 0 Å². The molecule has 1 rings (SSSR count). The van der Waals surface area contributed by atoms with Gasteiger partial charge in [-0.15, -0.1) is 0 Å². The van der Waals surface area contributed by atoms with Crippen LogP contribution in [-0.2, 0) is 0 Å². The summed E-state index contributed by atoms with van der Waals surface area (Å²) in [4.78, 5) is 0. The summed E-state index contributed by atoms with van der Waals surface area (Å²) < 4.78 is 10.2. The van der Waals surface area contributed by atoms with E-state index in [1.807, 2.05) is 6.92 Å². The summed E-state index contributed by atoms with van der Waals surface area (Å²) in [7, 11) is 3.06. The van der Waals surface area contributed by atoms with Gasteiger partial charge in [0.15, 0.2) is 0 Å². The first kappa shape index (κ1) is 12.1. The zero-order chi connectivity index (χ0) is 11.4. The number of ether oxygens (including phenoxy) is 2. The van der Waals surface area contributed by atoms with Crippen molar-refractivity contribution in [3.63, 3.8) is 0 Å². The van der Waals surface area contributed by atoms with Crippen molar-refractivity contribution >= 4 is 11.6 Å². The first-order valence-corrected chi connectivity index (χ1v) is 5.11. The molecule has 0 aliphatic rings. The molecular formula is C11H15ClO3. The fourth-order valence-corrected chi connectivity index (χ4v) is 1.73. The zero-order valence-corrected chi connectivity index (χ0v) is 9.84. The molecule has 84 valence electrons. The summed E-state index contributed by atoms with van der Waals surface area (Å²) in [5.74, 6) is 1.02. The Hall–Kier alpha value is -0.930. The first-order valence-electron chi connectivity index (χ1n) is 4.74. The largest absolute Gasteiger partial charge is 0.495 e. The van der Waals surface area contributed by atoms with Crippen molar-refractivity contribution in [2.75, 3.05) is 14.2 Å². The lowest BCUT2D eigenvalue weighted by molar-refractivity contribution is 0.169. The standard InChI is InChI=1S/C11H15ClO3/c1-4-8(13)7-5-6-9(14-2)10(12)11(7)15-3/h5-6,8,13H,4H2,1-3H3/t8-/m0/s1. The number of halogens is 1. The number of benzene rings is 1. The highest BCUT2D eigenvalue weighted by Crippen LogP contribution is 2.39. The second kappa shape index (κ2) is 5.24. The van der Waals surface area contributed by atoms with Gasteiger partial charge < -0.3 is 14.6 Å². The average Bonchev–Trinajstić information content (AvgIpc) is 2.27. The fraction of sp³-hybridized carbons (Fsp3) is 0.455. The van der Waals surface area contributed by atoms with Gasteiger partial charge in [0.05, 0.1) is 20.3 Å². The molecule has 3 nitrogen and oxygen atoms in total. The molecule has 1 atom stereocenters. The fourth-order valence-electron chi connectivity index (χ4n) is 1.40. The highest BCUT2D eigenvalue weighted by Gasteiger charge is 2.17. The summed E-state index contributed by atoms with van der Waals surface area (Å²) in [6, 6.07) is 3.48. The highest BCUT2D eigenvalue weighted by atomic mass is 35.5. The van der Waals surface area contributed by atoms with Crippen LogP contribution in [0.1, 0.15) is 25.0 Å². The molecule has 0 spiro atoms. The molecule has 0 heterocycles. The van der Waals surface area contributed by atoms with Gasteiger partial charge >= 0.3 is 0 Å². The Balaban J connectivity index is 3.24. The maximum absolute atomic E-state index is 9.75. The molecule has 0 saturated carbocycles. The lowest BCUT2D eigenvalue weighted by Gasteiger charge is -2.16. The van der Waals surface area contributed by atoms with E-state index >= 15 is 0 Å². The smallest absolute Gasteiger partial charge is 0.147 e. The summed E-state index contributed by atoms with van der Waals surface area (Å²) in [6.07, 6.45) is 0.0438. The lowest BCUT2D eigenvalue weighted by Crippen LogP contribution is -2.00. The maximum atomic E-state index is 9.75. The molecule has 0 aromatic heterocycles. The number of rotatable bonds is 4. The zero-order valence-electron chi connectivity index (χ0n) is 9.08. The molecule has 0 aliphatic heterocycles. The average molecular weight is 231 g/mol. The normalized spacial score (nSPS) is 12.3. The molecule has 15 heavy (non-hydrogen) atoms. The minimum atomic E-state index is -0.566. The van der Waals surface area contributed by atoms with Crippen LogP contribution in [0, 0.1) is 0 Å². The number of aliphatic hydroxyl groups is 1. The molecule has 0 amide bonds. The van der Waals surface area contributed by atoms with E-state index in [0.29, 0.717) is 28.5 Å². The van der Waals surface area contributed by atoms with Crippen molar-refractivity contribution in [1.29, 1.82) is 0 Å². The van der Waals surface area contributed by atoms with E-state index in [1.54, 1.807) is 12.1 Å². The van der Waals surface area contributed by atoms with Gasteiger partial charge in [-0.2, -0.15) is 0 Å². The molecule has 1 aromatic carbocycles. The third kappa shape index (κ3) is 2.36. The number of hydrogen-bond acceptors (Lipinski definition) is 3. The molecule has 0 aliphatic carbocycles. The maximum Gasteiger partial charge on any atom is 0.147 e. The number of methoxy groups -OCH3 is 2. The van der Waals surface area contributed by atoms with Crippen molar-refractivity contribution in [3.05, 3.63) is 22.7 Å². The van der Waals surface area contributed by atoms with Gasteiger partial charge in [-0.3, -0.25) is 0 Å². The summed E-state index contributed by atoms with van der Waals surface area (Å²) >= 11 is 6.05. The van der Waals surface area contributed by atoms with Crippen LogP contribution in [0.4, 0.5) is 0 Å². The molecule has 0 radical (unpaired) electrons. The molecule has 1 aromatic rings. The SMILES string of the molecule is CC[C@H](O)c1ccc(OC)c(Cl)c1OC. The Bertz CT molecular complexity index is 339. The van der Waals surface area contributed by atoms with Crippen LogP contribution in [0.3, 0.4) is 0 Å². The predicted molar refractivity (Wildman–Crippen MR) is 59.8 cm³/mol. The van der Waals surface area contributed by atoms with Gasteiger partial charge in [-0.05, 0) is 18.6 Å². The quantitative estimate of drug-likeness (QED) is 0.865. The van der Waals surface area contributed by atoms with Crippen LogP contribution in [0.5, 0.6) is 11.5 Å². The minimum absolute atomic E-state index is 0.394. The van der Waals surface area contributed by atoms with Crippen LogP contribution in [0.15, 0.2) is 12.1 Å². The Morgan fingerprint density at radius 1 is 1.33 bits per heavy atom. The van der Waals surface area contributed by atoms with Gasteiger partial charge in [0.1, 0.15) is 16.5 Å². The summed E-state index contributed by atoms with van der Waals surface area (Å²) in [5, 5.41) is 10.1. The third-order valence-electron chi connectivity index (χ3n) is 2.26. The monoisotopic (exact) mass is 230 g/mol. The van der Waals surface area contributed by atoms with E-state index in [4.69, 9.17) is 21.1 Å². The van der Waals surface area contributed by atoms with Gasteiger partial charge in [0, 0.05) is 5.56 Å². The van der Waals surface area contributed by atoms with Crippen LogP contribution < -0.4 is 9.47 Å². The number of hydrogen-bond donors (Lipinski definition) is 1. The van der Waals surface area contributed by atoms with Crippen LogP contribution in [0.25, 0.3) is 0 Å². The Morgan fingerprint density at radius 3 is 2.47 bits per heavy atom. The Kier molecular flexibility index (Phi) is 4.24. The van der Waals surface area contributed by atoms with Gasteiger partial charge in [-0.25, -0.2) is 0 Å². The van der Waals surface area contributed by atoms with Crippen molar-refractivity contribution in [1.82, 2.24) is 0 Å².